The zero-order valence-electron chi connectivity index (χ0n) is 18.7. The molecule has 1 aliphatic rings. The molecule has 0 amide bonds. The Morgan fingerprint density at radius 3 is 2.84 bits per heavy atom. The van der Waals surface area contributed by atoms with Crippen LogP contribution in [0.25, 0.3) is 4.85 Å². The van der Waals surface area contributed by atoms with Crippen molar-refractivity contribution in [2.24, 2.45) is 10.9 Å². The summed E-state index contributed by atoms with van der Waals surface area (Å²) in [6.07, 6.45) is 2.90. The lowest BCUT2D eigenvalue weighted by Crippen LogP contribution is -2.19. The molecule has 7 nitrogen and oxygen atoms in total. The summed E-state index contributed by atoms with van der Waals surface area (Å²) in [5.41, 5.74) is 9.81. The first-order valence-electron chi connectivity index (χ1n) is 10.7. The van der Waals surface area contributed by atoms with Crippen LogP contribution >= 0.6 is 9.39 Å². The first-order chi connectivity index (χ1) is 15.3. The maximum atomic E-state index is 12.5. The van der Waals surface area contributed by atoms with E-state index in [1.54, 1.807) is 12.1 Å². The van der Waals surface area contributed by atoms with Crippen LogP contribution in [0.15, 0.2) is 41.6 Å². The van der Waals surface area contributed by atoms with E-state index >= 15 is 0 Å². The Balaban J connectivity index is 1.77. The Kier molecular flexibility index (Phi) is 7.84. The van der Waals surface area contributed by atoms with Gasteiger partial charge in [0.2, 0.25) is 5.69 Å². The van der Waals surface area contributed by atoms with E-state index < -0.39 is 5.97 Å². The van der Waals surface area contributed by atoms with Crippen molar-refractivity contribution in [2.45, 2.75) is 52.2 Å². The number of carbonyl (C=O) groups is 1. The number of hydrogen-bond donors (Lipinski definition) is 1. The molecule has 32 heavy (non-hydrogen) atoms. The zero-order chi connectivity index (χ0) is 23.3. The van der Waals surface area contributed by atoms with Crippen molar-refractivity contribution in [2.75, 3.05) is 6.54 Å². The topological polar surface area (TPSA) is 81.5 Å². The molecule has 168 valence electrons. The molecule has 3 rings (SSSR count). The van der Waals surface area contributed by atoms with Gasteiger partial charge in [-0.3, -0.25) is 4.67 Å². The Morgan fingerprint density at radius 2 is 2.16 bits per heavy atom. The first kappa shape index (κ1) is 23.7. The lowest BCUT2D eigenvalue weighted by molar-refractivity contribution is 0.0516. The number of carbonyl (C=O) groups excluding carboxylic acids is 1. The molecule has 2 atom stereocenters. The number of hydrogen-bond acceptors (Lipinski definition) is 5. The highest BCUT2D eigenvalue weighted by atomic mass is 31.0. The van der Waals surface area contributed by atoms with E-state index in [0.29, 0.717) is 11.8 Å². The molecule has 8 heteroatoms. The van der Waals surface area contributed by atoms with Crippen molar-refractivity contribution >= 4 is 26.9 Å². The Morgan fingerprint density at radius 1 is 1.38 bits per heavy atom. The van der Waals surface area contributed by atoms with Gasteiger partial charge >= 0.3 is 5.97 Å². The second-order valence-electron chi connectivity index (χ2n) is 7.98. The molecule has 0 aliphatic heterocycles. The number of nitrogens with two attached hydrogens (primary N) is 1. The van der Waals surface area contributed by atoms with Crippen LogP contribution in [-0.4, -0.2) is 29.1 Å². The van der Waals surface area contributed by atoms with Gasteiger partial charge in [0.25, 0.3) is 0 Å². The van der Waals surface area contributed by atoms with E-state index in [-0.39, 0.29) is 23.2 Å². The summed E-state index contributed by atoms with van der Waals surface area (Å²) in [6, 6.07) is 10.9. The van der Waals surface area contributed by atoms with Gasteiger partial charge in [-0.2, -0.15) is 0 Å². The number of nitrogens with zero attached hydrogens (tertiary/aromatic N) is 3. The van der Waals surface area contributed by atoms with Gasteiger partial charge in [-0.15, -0.1) is 0 Å². The second kappa shape index (κ2) is 10.6. The third-order valence-electron chi connectivity index (χ3n) is 5.30. The van der Waals surface area contributed by atoms with Gasteiger partial charge in [0.15, 0.2) is 5.84 Å². The number of oxime groups is 1. The average molecular weight is 452 g/mol. The fourth-order valence-electron chi connectivity index (χ4n) is 3.91. The summed E-state index contributed by atoms with van der Waals surface area (Å²) in [7, 11) is 2.82. The highest BCUT2D eigenvalue weighted by Crippen LogP contribution is 2.39. The first-order valence-corrected chi connectivity index (χ1v) is 11.2. The largest absolute Gasteiger partial charge is 0.502 e. The molecule has 2 N–H and O–H groups in total. The van der Waals surface area contributed by atoms with Crippen molar-refractivity contribution < 1.29 is 14.4 Å². The molecular formula is C24H29N4O3P. The lowest BCUT2D eigenvalue weighted by Gasteiger charge is -2.24. The summed E-state index contributed by atoms with van der Waals surface area (Å²) in [6.45, 7) is 14.2. The van der Waals surface area contributed by atoms with Crippen LogP contribution in [0, 0.1) is 6.57 Å². The van der Waals surface area contributed by atoms with E-state index in [9.17, 15) is 4.79 Å². The monoisotopic (exact) mass is 452 g/mol. The molecule has 2 aromatic rings. The van der Waals surface area contributed by atoms with E-state index in [4.69, 9.17) is 21.9 Å². The SMILES string of the molecule is [C-]#[N+]c1cc(C(=O)ON=C(N)c2cccc3c2CC[C@@H]3N(P)CCC)ccc1OC(C)C. The minimum atomic E-state index is -0.682. The van der Waals surface area contributed by atoms with Crippen LogP contribution in [0.1, 0.15) is 66.7 Å². The van der Waals surface area contributed by atoms with Crippen LogP contribution in [0.3, 0.4) is 0 Å². The molecule has 0 radical (unpaired) electrons. The standard InChI is InChI=1S/C24H29N4O3P/c1-5-13-28(32)21-11-10-17-18(21)7-6-8-19(17)23(25)27-31-24(29)16-9-12-22(30-15(2)3)20(14-16)26-4/h6-9,12,14-15,21H,5,10-11,13,32H2,1-3H3,(H2,25,27)/t21-/m0/s1. The van der Waals surface area contributed by atoms with E-state index in [2.05, 4.69) is 37.1 Å². The fraction of sp³-hybridized carbons (Fsp3) is 0.375. The Bertz CT molecular complexity index is 1060. The van der Waals surface area contributed by atoms with Crippen molar-refractivity contribution in [1.29, 1.82) is 0 Å². The number of fused-ring (bicyclic) bond motifs is 1. The maximum Gasteiger partial charge on any atom is 0.364 e. The lowest BCUT2D eigenvalue weighted by atomic mass is 10.0. The van der Waals surface area contributed by atoms with Gasteiger partial charge in [-0.1, -0.05) is 39.7 Å². The van der Waals surface area contributed by atoms with Crippen LogP contribution in [0.5, 0.6) is 5.75 Å². The number of ether oxygens (including phenoxy) is 1. The van der Waals surface area contributed by atoms with Crippen LogP contribution < -0.4 is 10.5 Å². The summed E-state index contributed by atoms with van der Waals surface area (Å²) < 4.78 is 7.87. The summed E-state index contributed by atoms with van der Waals surface area (Å²) >= 11 is 0. The van der Waals surface area contributed by atoms with Gasteiger partial charge in [0.05, 0.1) is 18.2 Å². The summed E-state index contributed by atoms with van der Waals surface area (Å²) in [4.78, 5) is 21.0. The fourth-order valence-corrected chi connectivity index (χ4v) is 4.48. The number of amidine groups is 1. The molecule has 1 unspecified atom stereocenters. The summed E-state index contributed by atoms with van der Waals surface area (Å²) in [5.74, 6) is -0.0968. The van der Waals surface area contributed by atoms with Gasteiger partial charge in [0.1, 0.15) is 5.75 Å². The third-order valence-corrected chi connectivity index (χ3v) is 5.92. The minimum Gasteiger partial charge on any atom is -0.502 e. The normalized spacial score (nSPS) is 15.5. The average Bonchev–Trinajstić information content (AvgIpc) is 3.21. The smallest absolute Gasteiger partial charge is 0.364 e. The Hall–Kier alpha value is -2.94. The zero-order valence-corrected chi connectivity index (χ0v) is 19.8. The van der Waals surface area contributed by atoms with Crippen LogP contribution in [0.2, 0.25) is 0 Å². The van der Waals surface area contributed by atoms with Crippen molar-refractivity contribution in [3.05, 3.63) is 70.1 Å². The predicted molar refractivity (Wildman–Crippen MR) is 129 cm³/mol. The number of rotatable bonds is 8. The van der Waals surface area contributed by atoms with E-state index in [1.165, 1.54) is 11.6 Å². The summed E-state index contributed by atoms with van der Waals surface area (Å²) in [5, 5.41) is 3.90. The van der Waals surface area contributed by atoms with Gasteiger partial charge in [-0.05, 0) is 62.4 Å². The number of benzene rings is 2. The Labute approximate surface area is 191 Å². The highest BCUT2D eigenvalue weighted by Gasteiger charge is 2.28. The predicted octanol–water partition coefficient (Wildman–Crippen LogP) is 4.99. The second-order valence-corrected chi connectivity index (χ2v) is 8.65. The highest BCUT2D eigenvalue weighted by molar-refractivity contribution is 7.13. The molecular weight excluding hydrogens is 423 g/mol. The molecule has 0 saturated heterocycles. The molecule has 1 aliphatic carbocycles. The van der Waals surface area contributed by atoms with Crippen molar-refractivity contribution in [1.82, 2.24) is 4.67 Å². The molecule has 0 fully saturated rings. The quantitative estimate of drug-likeness (QED) is 0.152. The molecule has 0 aromatic heterocycles. The van der Waals surface area contributed by atoms with Crippen molar-refractivity contribution in [3.8, 4) is 5.75 Å². The van der Waals surface area contributed by atoms with Gasteiger partial charge in [-0.25, -0.2) is 9.64 Å². The van der Waals surface area contributed by atoms with Gasteiger partial charge in [0, 0.05) is 18.2 Å². The van der Waals surface area contributed by atoms with Crippen LogP contribution in [-0.2, 0) is 11.3 Å². The molecule has 0 heterocycles. The molecule has 0 saturated carbocycles. The van der Waals surface area contributed by atoms with E-state index in [1.807, 2.05) is 26.0 Å². The maximum absolute atomic E-state index is 12.5. The van der Waals surface area contributed by atoms with Crippen molar-refractivity contribution in [3.63, 3.8) is 0 Å². The molecule has 0 spiro atoms. The van der Waals surface area contributed by atoms with E-state index in [0.717, 1.165) is 36.9 Å². The van der Waals surface area contributed by atoms with Crippen LogP contribution in [0.4, 0.5) is 5.69 Å². The minimum absolute atomic E-state index is 0.0785. The third kappa shape index (κ3) is 5.27. The molecule has 0 bridgehead atoms. The molecule has 2 aromatic carbocycles. The van der Waals surface area contributed by atoms with Gasteiger partial charge < -0.3 is 15.3 Å².